The van der Waals surface area contributed by atoms with E-state index in [4.69, 9.17) is 0 Å². The molecule has 0 radical (unpaired) electrons. The molecule has 2 aromatic carbocycles. The number of aromatic hydroxyl groups is 2. The van der Waals surface area contributed by atoms with Crippen molar-refractivity contribution in [2.75, 3.05) is 0 Å². The molecular weight excluding hydrogens is 264 g/mol. The van der Waals surface area contributed by atoms with Crippen LogP contribution in [0, 0.1) is 0 Å². The summed E-state index contributed by atoms with van der Waals surface area (Å²) in [5.74, 6) is 1.12. The summed E-state index contributed by atoms with van der Waals surface area (Å²) in [5.41, 5.74) is 2.96. The van der Waals surface area contributed by atoms with Gasteiger partial charge < -0.3 is 10.2 Å². The second-order valence-electron chi connectivity index (χ2n) is 4.81. The van der Waals surface area contributed by atoms with E-state index in [-0.39, 0.29) is 11.5 Å². The molecule has 4 nitrogen and oxygen atoms in total. The Kier molecular flexibility index (Phi) is 3.51. The van der Waals surface area contributed by atoms with E-state index >= 15 is 0 Å². The highest BCUT2D eigenvalue weighted by Crippen LogP contribution is 2.19. The first-order chi connectivity index (χ1) is 10.2. The van der Waals surface area contributed by atoms with Crippen molar-refractivity contribution >= 4 is 0 Å². The molecule has 3 aromatic rings. The lowest BCUT2D eigenvalue weighted by atomic mass is 10.1. The van der Waals surface area contributed by atoms with Crippen LogP contribution >= 0.6 is 0 Å². The van der Waals surface area contributed by atoms with E-state index in [0.29, 0.717) is 5.82 Å². The lowest BCUT2D eigenvalue weighted by molar-refractivity contribution is 0.474. The summed E-state index contributed by atoms with van der Waals surface area (Å²) < 4.78 is 0. The number of hydrogen-bond acceptors (Lipinski definition) is 4. The average molecular weight is 278 g/mol. The number of phenols is 2. The zero-order valence-electron chi connectivity index (χ0n) is 11.3. The highest BCUT2D eigenvalue weighted by atomic mass is 16.3. The van der Waals surface area contributed by atoms with Crippen LogP contribution < -0.4 is 0 Å². The summed E-state index contributed by atoms with van der Waals surface area (Å²) in [6.07, 6.45) is 4.31. The standard InChI is InChI=1S/C17H14N2O2/c20-15-5-1-12(2-6-15)9-13-10-18-17(19-11-13)14-3-7-16(21)8-4-14/h1-8,10-11,20-21H,9H2. The van der Waals surface area contributed by atoms with E-state index in [1.807, 2.05) is 12.1 Å². The van der Waals surface area contributed by atoms with Gasteiger partial charge in [0, 0.05) is 24.4 Å². The lowest BCUT2D eigenvalue weighted by Crippen LogP contribution is -1.94. The molecular formula is C17H14N2O2. The molecule has 0 saturated carbocycles. The average Bonchev–Trinajstić information content (AvgIpc) is 2.51. The summed E-state index contributed by atoms with van der Waals surface area (Å²) in [4.78, 5) is 8.70. The first-order valence-electron chi connectivity index (χ1n) is 6.59. The highest BCUT2D eigenvalue weighted by Gasteiger charge is 2.03. The van der Waals surface area contributed by atoms with Crippen LogP contribution in [0.25, 0.3) is 11.4 Å². The molecule has 0 aliphatic heterocycles. The van der Waals surface area contributed by atoms with Crippen molar-refractivity contribution in [3.8, 4) is 22.9 Å². The van der Waals surface area contributed by atoms with Gasteiger partial charge in [-0.1, -0.05) is 12.1 Å². The van der Waals surface area contributed by atoms with Crippen LogP contribution in [0.2, 0.25) is 0 Å². The predicted molar refractivity (Wildman–Crippen MR) is 80.0 cm³/mol. The topological polar surface area (TPSA) is 66.2 Å². The van der Waals surface area contributed by atoms with Crippen molar-refractivity contribution in [1.29, 1.82) is 0 Å². The number of nitrogens with zero attached hydrogens (tertiary/aromatic N) is 2. The van der Waals surface area contributed by atoms with Crippen LogP contribution in [-0.4, -0.2) is 20.2 Å². The van der Waals surface area contributed by atoms with Crippen molar-refractivity contribution in [2.45, 2.75) is 6.42 Å². The molecule has 0 aliphatic carbocycles. The molecule has 0 saturated heterocycles. The van der Waals surface area contributed by atoms with E-state index in [2.05, 4.69) is 9.97 Å². The summed E-state index contributed by atoms with van der Waals surface area (Å²) in [6, 6.07) is 13.9. The van der Waals surface area contributed by atoms with Crippen LogP contribution in [-0.2, 0) is 6.42 Å². The maximum Gasteiger partial charge on any atom is 0.159 e. The SMILES string of the molecule is Oc1ccc(Cc2cnc(-c3ccc(O)cc3)nc2)cc1. The van der Waals surface area contributed by atoms with E-state index < -0.39 is 0 Å². The molecule has 0 fully saturated rings. The molecule has 0 spiro atoms. The summed E-state index contributed by atoms with van der Waals surface area (Å²) in [7, 11) is 0. The van der Waals surface area contributed by atoms with Crippen molar-refractivity contribution in [3.05, 3.63) is 72.1 Å². The molecule has 0 unspecified atom stereocenters. The van der Waals surface area contributed by atoms with Gasteiger partial charge in [-0.2, -0.15) is 0 Å². The van der Waals surface area contributed by atoms with Crippen molar-refractivity contribution in [2.24, 2.45) is 0 Å². The Morgan fingerprint density at radius 1 is 0.667 bits per heavy atom. The van der Waals surface area contributed by atoms with Gasteiger partial charge in [-0.05, 0) is 47.5 Å². The van der Waals surface area contributed by atoms with Gasteiger partial charge in [0.15, 0.2) is 5.82 Å². The monoisotopic (exact) mass is 278 g/mol. The van der Waals surface area contributed by atoms with Gasteiger partial charge in [0.25, 0.3) is 0 Å². The Hall–Kier alpha value is -2.88. The minimum atomic E-state index is 0.225. The molecule has 1 heterocycles. The Morgan fingerprint density at radius 2 is 1.19 bits per heavy atom. The fraction of sp³-hybridized carbons (Fsp3) is 0.0588. The molecule has 2 N–H and O–H groups in total. The van der Waals surface area contributed by atoms with Crippen LogP contribution in [0.3, 0.4) is 0 Å². The molecule has 4 heteroatoms. The molecule has 0 amide bonds. The minimum absolute atomic E-state index is 0.225. The Morgan fingerprint density at radius 3 is 1.76 bits per heavy atom. The molecule has 3 rings (SSSR count). The Labute approximate surface area is 122 Å². The number of benzene rings is 2. The molecule has 21 heavy (non-hydrogen) atoms. The summed E-state index contributed by atoms with van der Waals surface area (Å²) in [6.45, 7) is 0. The molecule has 1 aromatic heterocycles. The largest absolute Gasteiger partial charge is 0.508 e. The first kappa shape index (κ1) is 13.1. The van der Waals surface area contributed by atoms with Gasteiger partial charge in [0.05, 0.1) is 0 Å². The first-order valence-corrected chi connectivity index (χ1v) is 6.59. The summed E-state index contributed by atoms with van der Waals surface area (Å²) in [5, 5.41) is 18.5. The Bertz CT molecular complexity index is 720. The minimum Gasteiger partial charge on any atom is -0.508 e. The van der Waals surface area contributed by atoms with Gasteiger partial charge in [-0.25, -0.2) is 9.97 Å². The normalized spacial score (nSPS) is 10.5. The van der Waals surface area contributed by atoms with Gasteiger partial charge in [0.1, 0.15) is 11.5 Å². The quantitative estimate of drug-likeness (QED) is 0.772. The molecule has 0 aliphatic rings. The van der Waals surface area contributed by atoms with Crippen LogP contribution in [0.4, 0.5) is 0 Å². The smallest absolute Gasteiger partial charge is 0.159 e. The number of rotatable bonds is 3. The molecule has 0 atom stereocenters. The van der Waals surface area contributed by atoms with Gasteiger partial charge in [-0.15, -0.1) is 0 Å². The van der Waals surface area contributed by atoms with Gasteiger partial charge >= 0.3 is 0 Å². The van der Waals surface area contributed by atoms with Crippen LogP contribution in [0.15, 0.2) is 60.9 Å². The fourth-order valence-electron chi connectivity index (χ4n) is 2.06. The van der Waals surface area contributed by atoms with E-state index in [0.717, 1.165) is 23.1 Å². The lowest BCUT2D eigenvalue weighted by Gasteiger charge is -2.04. The summed E-state index contributed by atoms with van der Waals surface area (Å²) >= 11 is 0. The number of aromatic nitrogens is 2. The maximum absolute atomic E-state index is 9.27. The van der Waals surface area contributed by atoms with Crippen molar-refractivity contribution < 1.29 is 10.2 Å². The molecule has 104 valence electrons. The van der Waals surface area contributed by atoms with E-state index in [9.17, 15) is 10.2 Å². The number of phenolic OH excluding ortho intramolecular Hbond substituents is 2. The van der Waals surface area contributed by atoms with Gasteiger partial charge in [-0.3, -0.25) is 0 Å². The van der Waals surface area contributed by atoms with E-state index in [1.165, 1.54) is 0 Å². The predicted octanol–water partition coefficient (Wildman–Crippen LogP) is 3.15. The maximum atomic E-state index is 9.27. The fourth-order valence-corrected chi connectivity index (χ4v) is 2.06. The second kappa shape index (κ2) is 5.63. The van der Waals surface area contributed by atoms with Crippen LogP contribution in [0.1, 0.15) is 11.1 Å². The van der Waals surface area contributed by atoms with Crippen molar-refractivity contribution in [1.82, 2.24) is 9.97 Å². The van der Waals surface area contributed by atoms with Crippen LogP contribution in [0.5, 0.6) is 11.5 Å². The third-order valence-electron chi connectivity index (χ3n) is 3.18. The third-order valence-corrected chi connectivity index (χ3v) is 3.18. The number of hydrogen-bond donors (Lipinski definition) is 2. The zero-order valence-corrected chi connectivity index (χ0v) is 11.3. The third kappa shape index (κ3) is 3.17. The zero-order chi connectivity index (χ0) is 14.7. The Balaban J connectivity index is 1.77. The van der Waals surface area contributed by atoms with Crippen molar-refractivity contribution in [3.63, 3.8) is 0 Å². The van der Waals surface area contributed by atoms with Gasteiger partial charge in [0.2, 0.25) is 0 Å². The second-order valence-corrected chi connectivity index (χ2v) is 4.81. The van der Waals surface area contributed by atoms with E-state index in [1.54, 1.807) is 48.8 Å². The molecule has 0 bridgehead atoms. The highest BCUT2D eigenvalue weighted by molar-refractivity contribution is 5.55.